The van der Waals surface area contributed by atoms with Crippen LogP contribution in [0.4, 0.5) is 28.4 Å². The van der Waals surface area contributed by atoms with Crippen LogP contribution in [-0.2, 0) is 15.7 Å². The van der Waals surface area contributed by atoms with Crippen LogP contribution in [0, 0.1) is 29.5 Å². The van der Waals surface area contributed by atoms with Crippen molar-refractivity contribution in [3.05, 3.63) is 47.3 Å². The number of methoxy groups -OCH3 is 1. The number of hydrogen-bond acceptors (Lipinski definition) is 7. The van der Waals surface area contributed by atoms with E-state index in [1.807, 2.05) is 6.07 Å². The molecule has 2 aliphatic heterocycles. The molecule has 1 aromatic heterocycles. The number of carbonyl (C=O) groups excluding carboxylic acids is 2. The maximum atomic E-state index is 14.0. The molecule has 6 atom stereocenters. The number of piperidine rings is 1. The van der Waals surface area contributed by atoms with Gasteiger partial charge in [0.05, 0.1) is 34.9 Å². The third-order valence-electron chi connectivity index (χ3n) is 9.77. The van der Waals surface area contributed by atoms with Crippen LogP contribution in [0.15, 0.2) is 30.3 Å². The first-order valence-corrected chi connectivity index (χ1v) is 15.7. The molecule has 2 aromatic carbocycles. The number of anilines is 2. The molecular weight excluding hydrogens is 600 g/mol. The topological polar surface area (TPSA) is 92.8 Å². The zero-order valence-corrected chi connectivity index (χ0v) is 24.8. The number of amides is 2. The maximum Gasteiger partial charge on any atom is 0.419 e. The molecule has 2 bridgehead atoms. The van der Waals surface area contributed by atoms with E-state index in [-0.39, 0.29) is 23.4 Å². The fraction of sp³-hybridized carbons (Fsp3) is 0.516. The van der Waals surface area contributed by atoms with E-state index >= 15 is 0 Å². The first kappa shape index (κ1) is 29.3. The Kier molecular flexibility index (Phi) is 7.43. The lowest BCUT2D eigenvalue weighted by Crippen LogP contribution is -2.48. The lowest BCUT2D eigenvalue weighted by atomic mass is 9.83. The van der Waals surface area contributed by atoms with E-state index in [1.54, 1.807) is 6.07 Å². The Morgan fingerprint density at radius 2 is 1.91 bits per heavy atom. The molecule has 0 radical (unpaired) electrons. The first-order valence-electron chi connectivity index (χ1n) is 14.9. The van der Waals surface area contributed by atoms with Crippen molar-refractivity contribution in [3.8, 4) is 5.75 Å². The number of ether oxygens (including phenoxy) is 2. The van der Waals surface area contributed by atoms with Gasteiger partial charge >= 0.3 is 6.18 Å². The molecule has 13 heteroatoms. The van der Waals surface area contributed by atoms with E-state index in [1.165, 1.54) is 18.4 Å². The van der Waals surface area contributed by atoms with E-state index in [0.717, 1.165) is 63.0 Å². The maximum absolute atomic E-state index is 14.0. The number of rotatable bonds is 6. The molecule has 8 nitrogen and oxygen atoms in total. The van der Waals surface area contributed by atoms with Crippen molar-refractivity contribution in [2.45, 2.75) is 50.4 Å². The van der Waals surface area contributed by atoms with Crippen LogP contribution in [0.5, 0.6) is 5.75 Å². The molecule has 4 fully saturated rings. The van der Waals surface area contributed by atoms with Crippen molar-refractivity contribution in [2.75, 3.05) is 37.0 Å². The predicted octanol–water partition coefficient (Wildman–Crippen LogP) is 5.86. The van der Waals surface area contributed by atoms with Crippen molar-refractivity contribution in [2.24, 2.45) is 23.7 Å². The number of aromatic nitrogens is 1. The Hall–Kier alpha value is -3.45. The molecule has 0 spiro atoms. The smallest absolute Gasteiger partial charge is 0.419 e. The van der Waals surface area contributed by atoms with E-state index in [9.17, 15) is 27.2 Å². The van der Waals surface area contributed by atoms with Crippen LogP contribution >= 0.6 is 11.3 Å². The summed E-state index contributed by atoms with van der Waals surface area (Å²) in [7, 11) is 1.50. The van der Waals surface area contributed by atoms with E-state index in [4.69, 9.17) is 14.5 Å². The zero-order chi connectivity index (χ0) is 30.7. The number of hydrogen-bond donors (Lipinski definition) is 2. The molecule has 3 aromatic rings. The molecule has 2 saturated carbocycles. The minimum absolute atomic E-state index is 0.0250. The van der Waals surface area contributed by atoms with Crippen molar-refractivity contribution in [1.82, 2.24) is 10.3 Å². The Balaban J connectivity index is 1.13. The van der Waals surface area contributed by atoms with Gasteiger partial charge in [-0.15, -0.1) is 0 Å². The van der Waals surface area contributed by atoms with Crippen LogP contribution < -0.4 is 20.3 Å². The number of benzene rings is 2. The molecule has 4 aliphatic rings. The van der Waals surface area contributed by atoms with Crippen molar-refractivity contribution >= 4 is 44.2 Å². The molecule has 2 saturated heterocycles. The number of nitrogens with one attached hydrogen (secondary N) is 2. The van der Waals surface area contributed by atoms with Gasteiger partial charge in [0.25, 0.3) is 5.91 Å². The lowest BCUT2D eigenvalue weighted by Gasteiger charge is -2.33. The number of thiazole rings is 1. The highest BCUT2D eigenvalue weighted by atomic mass is 32.1. The summed E-state index contributed by atoms with van der Waals surface area (Å²) in [6, 6.07) is 5.44. The standard InChI is InChI=1S/C31H32F4N4O4S/c1-42-23-7-6-21-27(44-30(37-21)39-10-8-22-17(14-39)9-11-43-22)25(23)29(41)38-26-16-3-2-15(12-16)24(26)28(40)36-18-4-5-20(32)19(13-18)31(33,34)35/h4-7,13,15-17,22,24,26H,2-3,8-12,14H2,1H3,(H,36,40)(H,38,41)/t15-,16+,17-,22+,24+,26-/m1/s1. The SMILES string of the molecule is COc1ccc2nc(N3CC[C@@H]4OCC[C@@H]4C3)sc2c1C(=O)N[C@@H]1[C@H]2CC[C@H](C2)[C@@H]1C(=O)Nc1ccc(F)c(C(F)(F)F)c1. The number of fused-ring (bicyclic) bond motifs is 4. The van der Waals surface area contributed by atoms with Gasteiger partial charge in [0.1, 0.15) is 17.1 Å². The molecule has 0 unspecified atom stereocenters. The summed E-state index contributed by atoms with van der Waals surface area (Å²) in [5.41, 5.74) is -0.561. The monoisotopic (exact) mass is 632 g/mol. The van der Waals surface area contributed by atoms with Crippen LogP contribution in [-0.4, -0.2) is 55.8 Å². The van der Waals surface area contributed by atoms with Gasteiger partial charge in [0.2, 0.25) is 5.91 Å². The van der Waals surface area contributed by atoms with Gasteiger partial charge in [-0.3, -0.25) is 9.59 Å². The van der Waals surface area contributed by atoms with Crippen molar-refractivity contribution < 1.29 is 36.6 Å². The molecule has 2 aliphatic carbocycles. The summed E-state index contributed by atoms with van der Waals surface area (Å²) in [6.07, 6.45) is -0.299. The highest BCUT2D eigenvalue weighted by molar-refractivity contribution is 7.22. The van der Waals surface area contributed by atoms with Crippen LogP contribution in [0.2, 0.25) is 0 Å². The van der Waals surface area contributed by atoms with E-state index in [0.29, 0.717) is 45.7 Å². The van der Waals surface area contributed by atoms with Crippen LogP contribution in [0.25, 0.3) is 10.2 Å². The van der Waals surface area contributed by atoms with Gasteiger partial charge in [0.15, 0.2) is 5.13 Å². The van der Waals surface area contributed by atoms with Crippen LogP contribution in [0.3, 0.4) is 0 Å². The zero-order valence-electron chi connectivity index (χ0n) is 24.0. The summed E-state index contributed by atoms with van der Waals surface area (Å²) in [5, 5.41) is 6.49. The minimum atomic E-state index is -4.90. The third-order valence-corrected chi connectivity index (χ3v) is 10.9. The van der Waals surface area contributed by atoms with Gasteiger partial charge in [-0.25, -0.2) is 9.37 Å². The number of carbonyl (C=O) groups is 2. The average molecular weight is 633 g/mol. The van der Waals surface area contributed by atoms with Gasteiger partial charge in [-0.1, -0.05) is 11.3 Å². The summed E-state index contributed by atoms with van der Waals surface area (Å²) < 4.78 is 65.8. The van der Waals surface area contributed by atoms with Gasteiger partial charge in [-0.2, -0.15) is 13.2 Å². The van der Waals surface area contributed by atoms with Gasteiger partial charge < -0.3 is 25.0 Å². The van der Waals surface area contributed by atoms with Crippen LogP contribution in [0.1, 0.15) is 48.0 Å². The summed E-state index contributed by atoms with van der Waals surface area (Å²) in [5.74, 6) is -2.05. The second-order valence-corrected chi connectivity index (χ2v) is 13.2. The number of alkyl halides is 3. The predicted molar refractivity (Wildman–Crippen MR) is 156 cm³/mol. The first-order chi connectivity index (χ1) is 21.1. The van der Waals surface area contributed by atoms with Gasteiger partial charge in [-0.05, 0) is 74.3 Å². The molecule has 7 rings (SSSR count). The number of nitrogens with zero attached hydrogens (tertiary/aromatic N) is 2. The Morgan fingerprint density at radius 3 is 2.70 bits per heavy atom. The summed E-state index contributed by atoms with van der Waals surface area (Å²) in [4.78, 5) is 34.6. The highest BCUT2D eigenvalue weighted by Crippen LogP contribution is 2.49. The molecule has 44 heavy (non-hydrogen) atoms. The summed E-state index contributed by atoms with van der Waals surface area (Å²) in [6.45, 7) is 2.45. The Bertz CT molecular complexity index is 1610. The normalized spacial score (nSPS) is 27.9. The largest absolute Gasteiger partial charge is 0.496 e. The molecule has 3 heterocycles. The van der Waals surface area contributed by atoms with Crippen molar-refractivity contribution in [1.29, 1.82) is 0 Å². The molecule has 2 N–H and O–H groups in total. The lowest BCUT2D eigenvalue weighted by molar-refractivity contribution is -0.140. The fourth-order valence-electron chi connectivity index (χ4n) is 7.68. The quantitative estimate of drug-likeness (QED) is 0.331. The number of halogens is 4. The third kappa shape index (κ3) is 5.17. The minimum Gasteiger partial charge on any atom is -0.496 e. The second kappa shape index (κ2) is 11.2. The fourth-order valence-corrected chi connectivity index (χ4v) is 8.82. The molecule has 2 amide bonds. The highest BCUT2D eigenvalue weighted by Gasteiger charge is 2.51. The Morgan fingerprint density at radius 1 is 1.09 bits per heavy atom. The molecular formula is C31H32F4N4O4S. The summed E-state index contributed by atoms with van der Waals surface area (Å²) >= 11 is 1.44. The van der Waals surface area contributed by atoms with Gasteiger partial charge in [0, 0.05) is 37.3 Å². The second-order valence-electron chi connectivity index (χ2n) is 12.2. The van der Waals surface area contributed by atoms with E-state index < -0.39 is 35.4 Å². The van der Waals surface area contributed by atoms with Crippen molar-refractivity contribution in [3.63, 3.8) is 0 Å². The molecule has 234 valence electrons. The van der Waals surface area contributed by atoms with E-state index in [2.05, 4.69) is 15.5 Å². The Labute approximate surface area is 255 Å². The average Bonchev–Trinajstić information content (AvgIpc) is 3.80.